The molecular formula is C13H19N5. The van der Waals surface area contributed by atoms with Crippen LogP contribution in [-0.2, 0) is 0 Å². The third kappa shape index (κ3) is 1.95. The molecule has 0 aliphatic heterocycles. The SMILES string of the molecule is CN(C)c1ccc2[nH]c([C@@H]3CC[C@H](N)C3)nc2n1. The van der Waals surface area contributed by atoms with Gasteiger partial charge >= 0.3 is 0 Å². The van der Waals surface area contributed by atoms with E-state index < -0.39 is 0 Å². The minimum Gasteiger partial charge on any atom is -0.363 e. The van der Waals surface area contributed by atoms with Crippen molar-refractivity contribution in [2.45, 2.75) is 31.2 Å². The molecule has 2 atom stereocenters. The normalized spacial score (nSPS) is 23.7. The fourth-order valence-electron chi connectivity index (χ4n) is 2.61. The van der Waals surface area contributed by atoms with Gasteiger partial charge in [-0.05, 0) is 31.4 Å². The molecule has 2 heterocycles. The average molecular weight is 245 g/mol. The topological polar surface area (TPSA) is 70.8 Å². The van der Waals surface area contributed by atoms with Crippen molar-refractivity contribution in [2.24, 2.45) is 5.73 Å². The minimum atomic E-state index is 0.327. The number of nitrogens with zero attached hydrogens (tertiary/aromatic N) is 3. The van der Waals surface area contributed by atoms with Gasteiger partial charge in [0.05, 0.1) is 5.52 Å². The molecule has 1 saturated carbocycles. The molecule has 96 valence electrons. The molecule has 2 aromatic rings. The highest BCUT2D eigenvalue weighted by atomic mass is 15.1. The van der Waals surface area contributed by atoms with Gasteiger partial charge in [-0.1, -0.05) is 0 Å². The number of H-pyrrole nitrogens is 1. The molecule has 18 heavy (non-hydrogen) atoms. The van der Waals surface area contributed by atoms with Crippen LogP contribution in [0.5, 0.6) is 0 Å². The van der Waals surface area contributed by atoms with Crippen molar-refractivity contribution in [3.05, 3.63) is 18.0 Å². The molecule has 0 amide bonds. The van der Waals surface area contributed by atoms with Gasteiger partial charge in [0.2, 0.25) is 0 Å². The number of imidazole rings is 1. The first-order valence-corrected chi connectivity index (χ1v) is 6.43. The zero-order valence-corrected chi connectivity index (χ0v) is 10.8. The van der Waals surface area contributed by atoms with E-state index in [2.05, 4.69) is 15.0 Å². The summed E-state index contributed by atoms with van der Waals surface area (Å²) in [5.41, 5.74) is 7.77. The Morgan fingerprint density at radius 3 is 2.78 bits per heavy atom. The Morgan fingerprint density at radius 2 is 2.11 bits per heavy atom. The van der Waals surface area contributed by atoms with Crippen molar-refractivity contribution in [3.8, 4) is 0 Å². The van der Waals surface area contributed by atoms with E-state index in [1.807, 2.05) is 31.1 Å². The average Bonchev–Trinajstić information content (AvgIpc) is 2.93. The molecule has 3 rings (SSSR count). The number of nitrogens with two attached hydrogens (primary N) is 1. The van der Waals surface area contributed by atoms with Gasteiger partial charge < -0.3 is 15.6 Å². The van der Waals surface area contributed by atoms with E-state index in [0.717, 1.165) is 42.1 Å². The van der Waals surface area contributed by atoms with Gasteiger partial charge in [-0.15, -0.1) is 0 Å². The lowest BCUT2D eigenvalue weighted by atomic mass is 10.1. The van der Waals surface area contributed by atoms with Gasteiger partial charge in [-0.3, -0.25) is 0 Å². The molecule has 5 nitrogen and oxygen atoms in total. The summed E-state index contributed by atoms with van der Waals surface area (Å²) in [6.45, 7) is 0. The molecule has 3 N–H and O–H groups in total. The lowest BCUT2D eigenvalue weighted by Crippen LogP contribution is -2.14. The van der Waals surface area contributed by atoms with E-state index in [1.165, 1.54) is 0 Å². The van der Waals surface area contributed by atoms with Crippen molar-refractivity contribution >= 4 is 17.0 Å². The Balaban J connectivity index is 1.95. The van der Waals surface area contributed by atoms with E-state index in [0.29, 0.717) is 12.0 Å². The highest BCUT2D eigenvalue weighted by Gasteiger charge is 2.25. The third-order valence-electron chi connectivity index (χ3n) is 3.67. The van der Waals surface area contributed by atoms with Gasteiger partial charge in [0.1, 0.15) is 11.6 Å². The fourth-order valence-corrected chi connectivity index (χ4v) is 2.61. The second kappa shape index (κ2) is 4.24. The Kier molecular flexibility index (Phi) is 2.70. The Labute approximate surface area is 106 Å². The van der Waals surface area contributed by atoms with E-state index in [9.17, 15) is 0 Å². The predicted octanol–water partition coefficient (Wildman–Crippen LogP) is 1.62. The molecule has 0 bridgehead atoms. The molecular weight excluding hydrogens is 226 g/mol. The van der Waals surface area contributed by atoms with Crippen LogP contribution < -0.4 is 10.6 Å². The number of nitrogens with one attached hydrogen (secondary N) is 1. The number of hydrogen-bond acceptors (Lipinski definition) is 4. The zero-order valence-electron chi connectivity index (χ0n) is 10.8. The van der Waals surface area contributed by atoms with E-state index in [4.69, 9.17) is 5.73 Å². The van der Waals surface area contributed by atoms with E-state index >= 15 is 0 Å². The maximum absolute atomic E-state index is 5.96. The largest absolute Gasteiger partial charge is 0.363 e. The molecule has 2 aromatic heterocycles. The first-order chi connectivity index (χ1) is 8.63. The molecule has 1 aliphatic rings. The first kappa shape index (κ1) is 11.5. The lowest BCUT2D eigenvalue weighted by molar-refractivity contribution is 0.651. The van der Waals surface area contributed by atoms with Gasteiger partial charge in [0, 0.05) is 26.1 Å². The second-order valence-corrected chi connectivity index (χ2v) is 5.33. The maximum Gasteiger partial charge on any atom is 0.179 e. The first-order valence-electron chi connectivity index (χ1n) is 6.43. The summed E-state index contributed by atoms with van der Waals surface area (Å²) in [5, 5.41) is 0. The number of anilines is 1. The van der Waals surface area contributed by atoms with Crippen molar-refractivity contribution in [1.82, 2.24) is 15.0 Å². The van der Waals surface area contributed by atoms with Crippen LogP contribution in [0.1, 0.15) is 31.0 Å². The Bertz CT molecular complexity index is 560. The van der Waals surface area contributed by atoms with Crippen LogP contribution in [-0.4, -0.2) is 35.1 Å². The summed E-state index contributed by atoms with van der Waals surface area (Å²) in [7, 11) is 3.97. The third-order valence-corrected chi connectivity index (χ3v) is 3.67. The number of aromatic nitrogens is 3. The van der Waals surface area contributed by atoms with Gasteiger partial charge in [-0.25, -0.2) is 9.97 Å². The fraction of sp³-hybridized carbons (Fsp3) is 0.538. The number of aromatic amines is 1. The smallest absolute Gasteiger partial charge is 0.179 e. The summed E-state index contributed by atoms with van der Waals surface area (Å²) >= 11 is 0. The Hall–Kier alpha value is -1.62. The number of rotatable bonds is 2. The summed E-state index contributed by atoms with van der Waals surface area (Å²) in [4.78, 5) is 14.5. The number of pyridine rings is 1. The van der Waals surface area contributed by atoms with E-state index in [-0.39, 0.29) is 0 Å². The molecule has 5 heteroatoms. The van der Waals surface area contributed by atoms with E-state index in [1.54, 1.807) is 0 Å². The molecule has 0 saturated heterocycles. The lowest BCUT2D eigenvalue weighted by Gasteiger charge is -2.09. The van der Waals surface area contributed by atoms with Crippen LogP contribution in [0.3, 0.4) is 0 Å². The van der Waals surface area contributed by atoms with Crippen LogP contribution in [0.15, 0.2) is 12.1 Å². The van der Waals surface area contributed by atoms with Gasteiger partial charge in [-0.2, -0.15) is 0 Å². The van der Waals surface area contributed by atoms with Crippen LogP contribution in [0.2, 0.25) is 0 Å². The second-order valence-electron chi connectivity index (χ2n) is 5.33. The molecule has 0 aromatic carbocycles. The quantitative estimate of drug-likeness (QED) is 0.843. The molecule has 0 unspecified atom stereocenters. The van der Waals surface area contributed by atoms with Crippen LogP contribution in [0.4, 0.5) is 5.82 Å². The predicted molar refractivity (Wildman–Crippen MR) is 72.8 cm³/mol. The highest BCUT2D eigenvalue weighted by molar-refractivity contribution is 5.73. The van der Waals surface area contributed by atoms with Crippen LogP contribution >= 0.6 is 0 Å². The van der Waals surface area contributed by atoms with Crippen molar-refractivity contribution in [1.29, 1.82) is 0 Å². The molecule has 1 aliphatic carbocycles. The van der Waals surface area contributed by atoms with Crippen LogP contribution in [0, 0.1) is 0 Å². The maximum atomic E-state index is 5.96. The van der Waals surface area contributed by atoms with Gasteiger partial charge in [0.25, 0.3) is 0 Å². The zero-order chi connectivity index (χ0) is 12.7. The van der Waals surface area contributed by atoms with Crippen molar-refractivity contribution < 1.29 is 0 Å². The summed E-state index contributed by atoms with van der Waals surface area (Å²) < 4.78 is 0. The van der Waals surface area contributed by atoms with Crippen molar-refractivity contribution in [2.75, 3.05) is 19.0 Å². The summed E-state index contributed by atoms with van der Waals surface area (Å²) in [5.74, 6) is 2.45. The molecule has 0 radical (unpaired) electrons. The standard InChI is InChI=1S/C13H19N5/c1-18(2)11-6-5-10-13(16-11)17-12(15-10)8-3-4-9(14)7-8/h5-6,8-9H,3-4,7,14H2,1-2H3,(H,15,16,17)/t8-,9+/m1/s1. The summed E-state index contributed by atoms with van der Waals surface area (Å²) in [6.07, 6.45) is 3.25. The number of hydrogen-bond donors (Lipinski definition) is 2. The van der Waals surface area contributed by atoms with Crippen LogP contribution in [0.25, 0.3) is 11.2 Å². The summed E-state index contributed by atoms with van der Waals surface area (Å²) in [6, 6.07) is 4.38. The molecule has 1 fully saturated rings. The number of fused-ring (bicyclic) bond motifs is 1. The monoisotopic (exact) mass is 245 g/mol. The highest BCUT2D eigenvalue weighted by Crippen LogP contribution is 2.32. The van der Waals surface area contributed by atoms with Gasteiger partial charge in [0.15, 0.2) is 5.65 Å². The molecule has 0 spiro atoms. The Morgan fingerprint density at radius 1 is 1.28 bits per heavy atom. The van der Waals surface area contributed by atoms with Crippen molar-refractivity contribution in [3.63, 3.8) is 0 Å². The minimum absolute atomic E-state index is 0.327.